The molecule has 0 saturated heterocycles. The third-order valence-electron chi connectivity index (χ3n) is 2.23. The number of hydrogen-bond acceptors (Lipinski definition) is 4. The lowest BCUT2D eigenvalue weighted by molar-refractivity contribution is 0.267. The van der Waals surface area contributed by atoms with Gasteiger partial charge in [0.1, 0.15) is 0 Å². The van der Waals surface area contributed by atoms with Crippen LogP contribution in [-0.2, 0) is 0 Å². The summed E-state index contributed by atoms with van der Waals surface area (Å²) < 4.78 is 0. The first-order valence-corrected chi connectivity index (χ1v) is 5.49. The summed E-state index contributed by atoms with van der Waals surface area (Å²) in [4.78, 5) is 0. The van der Waals surface area contributed by atoms with E-state index < -0.39 is 0 Å². The molecule has 1 rings (SSSR count). The average Bonchev–Trinajstić information content (AvgIpc) is 2.21. The van der Waals surface area contributed by atoms with E-state index in [1.807, 2.05) is 0 Å². The van der Waals surface area contributed by atoms with E-state index in [-0.39, 0.29) is 13.2 Å². The highest BCUT2D eigenvalue weighted by Crippen LogP contribution is 2.14. The van der Waals surface area contributed by atoms with Gasteiger partial charge in [0.2, 0.25) is 0 Å². The largest absolute Gasteiger partial charge is 0.395 e. The SMILES string of the molecule is NC1CCCCC1.OCCNCCO. The molecule has 0 unspecified atom stereocenters. The van der Waals surface area contributed by atoms with Gasteiger partial charge in [-0.2, -0.15) is 0 Å². The number of rotatable bonds is 4. The lowest BCUT2D eigenvalue weighted by Crippen LogP contribution is -2.22. The first-order valence-electron chi connectivity index (χ1n) is 5.49. The van der Waals surface area contributed by atoms with Gasteiger partial charge in [0.15, 0.2) is 0 Å². The van der Waals surface area contributed by atoms with Crippen LogP contribution in [0.2, 0.25) is 0 Å². The van der Waals surface area contributed by atoms with Gasteiger partial charge in [0.25, 0.3) is 0 Å². The molecule has 1 aliphatic rings. The van der Waals surface area contributed by atoms with Gasteiger partial charge >= 0.3 is 0 Å². The van der Waals surface area contributed by atoms with E-state index in [2.05, 4.69) is 5.32 Å². The van der Waals surface area contributed by atoms with Gasteiger partial charge in [0.05, 0.1) is 13.2 Å². The molecule has 14 heavy (non-hydrogen) atoms. The number of nitrogens with one attached hydrogen (secondary N) is 1. The molecule has 1 saturated carbocycles. The summed E-state index contributed by atoms with van der Waals surface area (Å²) >= 11 is 0. The molecule has 86 valence electrons. The van der Waals surface area contributed by atoms with Gasteiger partial charge in [-0.05, 0) is 12.8 Å². The van der Waals surface area contributed by atoms with Gasteiger partial charge in [-0.1, -0.05) is 19.3 Å². The maximum absolute atomic E-state index is 8.15. The van der Waals surface area contributed by atoms with Crippen molar-refractivity contribution in [3.63, 3.8) is 0 Å². The van der Waals surface area contributed by atoms with Crippen molar-refractivity contribution < 1.29 is 10.2 Å². The van der Waals surface area contributed by atoms with Crippen molar-refractivity contribution in [3.05, 3.63) is 0 Å². The van der Waals surface area contributed by atoms with E-state index in [0.29, 0.717) is 19.1 Å². The summed E-state index contributed by atoms with van der Waals surface area (Å²) in [6.45, 7) is 1.42. The Morgan fingerprint density at radius 1 is 1.00 bits per heavy atom. The normalized spacial score (nSPS) is 17.4. The molecule has 0 aliphatic heterocycles. The van der Waals surface area contributed by atoms with E-state index >= 15 is 0 Å². The van der Waals surface area contributed by atoms with Crippen LogP contribution in [-0.4, -0.2) is 42.6 Å². The zero-order valence-electron chi connectivity index (χ0n) is 8.91. The monoisotopic (exact) mass is 204 g/mol. The number of nitrogens with two attached hydrogens (primary N) is 1. The Labute approximate surface area is 86.5 Å². The first-order chi connectivity index (χ1) is 6.81. The fraction of sp³-hybridized carbons (Fsp3) is 1.00. The predicted molar refractivity (Wildman–Crippen MR) is 58.1 cm³/mol. The zero-order chi connectivity index (χ0) is 10.6. The molecule has 0 radical (unpaired) electrons. The van der Waals surface area contributed by atoms with E-state index in [1.54, 1.807) is 0 Å². The van der Waals surface area contributed by atoms with Crippen LogP contribution in [0.25, 0.3) is 0 Å². The molecule has 0 bridgehead atoms. The summed E-state index contributed by atoms with van der Waals surface area (Å²) in [5.74, 6) is 0. The van der Waals surface area contributed by atoms with Crippen LogP contribution in [0.3, 0.4) is 0 Å². The van der Waals surface area contributed by atoms with Crippen LogP contribution >= 0.6 is 0 Å². The summed E-state index contributed by atoms with van der Waals surface area (Å²) in [6, 6.07) is 0.536. The second-order valence-electron chi connectivity index (χ2n) is 3.60. The molecule has 0 aromatic carbocycles. The third-order valence-corrected chi connectivity index (χ3v) is 2.23. The van der Waals surface area contributed by atoms with E-state index in [1.165, 1.54) is 32.1 Å². The van der Waals surface area contributed by atoms with Crippen molar-refractivity contribution in [2.45, 2.75) is 38.1 Å². The molecule has 0 aromatic heterocycles. The van der Waals surface area contributed by atoms with Crippen LogP contribution in [0.4, 0.5) is 0 Å². The Bertz CT molecular complexity index is 102. The van der Waals surface area contributed by atoms with Crippen molar-refractivity contribution in [3.8, 4) is 0 Å². The highest BCUT2D eigenvalue weighted by molar-refractivity contribution is 4.66. The molecule has 1 fully saturated rings. The molecular formula is C10H24N2O2. The van der Waals surface area contributed by atoms with Gasteiger partial charge in [0, 0.05) is 19.1 Å². The highest BCUT2D eigenvalue weighted by Gasteiger charge is 2.06. The van der Waals surface area contributed by atoms with Gasteiger partial charge in [-0.3, -0.25) is 0 Å². The van der Waals surface area contributed by atoms with Crippen molar-refractivity contribution >= 4 is 0 Å². The summed E-state index contributed by atoms with van der Waals surface area (Å²) in [6.07, 6.45) is 6.66. The summed E-state index contributed by atoms with van der Waals surface area (Å²) in [7, 11) is 0. The predicted octanol–water partition coefficient (Wildman–Crippen LogP) is -0.162. The molecule has 0 heterocycles. The van der Waals surface area contributed by atoms with Crippen LogP contribution in [0, 0.1) is 0 Å². The Hall–Kier alpha value is -0.160. The topological polar surface area (TPSA) is 78.5 Å². The summed E-state index contributed by atoms with van der Waals surface area (Å²) in [5.41, 5.74) is 5.63. The van der Waals surface area contributed by atoms with Crippen molar-refractivity contribution in [1.82, 2.24) is 5.32 Å². The quantitative estimate of drug-likeness (QED) is 0.480. The van der Waals surface area contributed by atoms with Crippen LogP contribution < -0.4 is 11.1 Å². The minimum atomic E-state index is 0.139. The molecule has 5 N–H and O–H groups in total. The van der Waals surface area contributed by atoms with Crippen molar-refractivity contribution in [2.75, 3.05) is 26.3 Å². The number of aliphatic hydroxyl groups excluding tert-OH is 2. The fourth-order valence-corrected chi connectivity index (χ4v) is 1.42. The second kappa shape index (κ2) is 10.9. The van der Waals surface area contributed by atoms with Crippen LogP contribution in [0.15, 0.2) is 0 Å². The van der Waals surface area contributed by atoms with Gasteiger partial charge in [-0.15, -0.1) is 0 Å². The van der Waals surface area contributed by atoms with Crippen molar-refractivity contribution in [1.29, 1.82) is 0 Å². The fourth-order valence-electron chi connectivity index (χ4n) is 1.42. The Kier molecular flexibility index (Phi) is 10.8. The van der Waals surface area contributed by atoms with Gasteiger partial charge < -0.3 is 21.3 Å². The maximum atomic E-state index is 8.15. The van der Waals surface area contributed by atoms with Crippen molar-refractivity contribution in [2.24, 2.45) is 5.73 Å². The van der Waals surface area contributed by atoms with E-state index in [4.69, 9.17) is 15.9 Å². The minimum absolute atomic E-state index is 0.139. The molecule has 0 spiro atoms. The highest BCUT2D eigenvalue weighted by atomic mass is 16.3. The Morgan fingerprint density at radius 3 is 1.79 bits per heavy atom. The van der Waals surface area contributed by atoms with Crippen LogP contribution in [0.5, 0.6) is 0 Å². The first kappa shape index (κ1) is 13.8. The Balaban J connectivity index is 0.000000241. The molecule has 4 nitrogen and oxygen atoms in total. The van der Waals surface area contributed by atoms with E-state index in [9.17, 15) is 0 Å². The maximum Gasteiger partial charge on any atom is 0.0555 e. The smallest absolute Gasteiger partial charge is 0.0555 e. The van der Waals surface area contributed by atoms with E-state index in [0.717, 1.165) is 0 Å². The number of aliphatic hydroxyl groups is 2. The zero-order valence-corrected chi connectivity index (χ0v) is 8.91. The number of hydrogen-bond donors (Lipinski definition) is 4. The lowest BCUT2D eigenvalue weighted by atomic mass is 9.97. The Morgan fingerprint density at radius 2 is 1.50 bits per heavy atom. The molecule has 0 aromatic rings. The molecule has 0 atom stereocenters. The molecule has 4 heteroatoms. The molecule has 0 amide bonds. The van der Waals surface area contributed by atoms with Crippen LogP contribution in [0.1, 0.15) is 32.1 Å². The third kappa shape index (κ3) is 9.92. The minimum Gasteiger partial charge on any atom is -0.395 e. The average molecular weight is 204 g/mol. The van der Waals surface area contributed by atoms with Gasteiger partial charge in [-0.25, -0.2) is 0 Å². The summed E-state index contributed by atoms with van der Waals surface area (Å²) in [5, 5.41) is 19.1. The second-order valence-corrected chi connectivity index (χ2v) is 3.60. The molecule has 1 aliphatic carbocycles. The molecular weight excluding hydrogens is 180 g/mol. The lowest BCUT2D eigenvalue weighted by Gasteiger charge is -2.15. The standard InChI is InChI=1S/C6H13N.C4H11NO2/c7-6-4-2-1-3-5-6;6-3-1-5-2-4-7/h6H,1-5,7H2;5-7H,1-4H2.